The number of hydrogen-bond donors (Lipinski definition) is 1. The Bertz CT molecular complexity index is 1340. The number of fused-ring (bicyclic) bond motifs is 1. The first-order valence-electron chi connectivity index (χ1n) is 10.8. The minimum absolute atomic E-state index is 0.0800. The third-order valence-electron chi connectivity index (χ3n) is 5.57. The number of rotatable bonds is 6. The molecule has 0 atom stereocenters. The van der Waals surface area contributed by atoms with Crippen LogP contribution >= 0.6 is 0 Å². The van der Waals surface area contributed by atoms with E-state index in [2.05, 4.69) is 9.46 Å². The number of hydrogen-bond acceptors (Lipinski definition) is 4. The zero-order valence-electron chi connectivity index (χ0n) is 18.9. The van der Waals surface area contributed by atoms with Gasteiger partial charge in [0.1, 0.15) is 22.9 Å². The predicted molar refractivity (Wildman–Crippen MR) is 122 cm³/mol. The summed E-state index contributed by atoms with van der Waals surface area (Å²) in [5.41, 5.74) is 1.67. The van der Waals surface area contributed by atoms with Gasteiger partial charge in [-0.25, -0.2) is 17.5 Å². The largest absolute Gasteiger partial charge is 0.573 e. The Morgan fingerprint density at radius 3 is 2.40 bits per heavy atom. The van der Waals surface area contributed by atoms with Gasteiger partial charge in [0, 0.05) is 6.54 Å². The average Bonchev–Trinajstić information content (AvgIpc) is 2.76. The molecule has 0 amide bonds. The quantitative estimate of drug-likeness (QED) is 0.416. The van der Waals surface area contributed by atoms with Gasteiger partial charge in [0.05, 0.1) is 4.90 Å². The van der Waals surface area contributed by atoms with E-state index in [0.29, 0.717) is 28.9 Å². The van der Waals surface area contributed by atoms with Crippen LogP contribution in [0.3, 0.4) is 0 Å². The summed E-state index contributed by atoms with van der Waals surface area (Å²) in [4.78, 5) is 0.0800. The molecule has 35 heavy (non-hydrogen) atoms. The maximum atomic E-state index is 14.2. The van der Waals surface area contributed by atoms with E-state index in [4.69, 9.17) is 4.74 Å². The van der Waals surface area contributed by atoms with Crippen LogP contribution < -0.4 is 14.2 Å². The van der Waals surface area contributed by atoms with Crippen molar-refractivity contribution in [3.05, 3.63) is 77.6 Å². The zero-order valence-corrected chi connectivity index (χ0v) is 19.8. The molecule has 0 aliphatic carbocycles. The number of alkyl halides is 3. The predicted octanol–water partition coefficient (Wildman–Crippen LogP) is 5.97. The Morgan fingerprint density at radius 1 is 1.00 bits per heavy atom. The van der Waals surface area contributed by atoms with Crippen LogP contribution in [0, 0.1) is 5.82 Å². The average molecular weight is 510 g/mol. The first-order valence-corrected chi connectivity index (χ1v) is 12.3. The Morgan fingerprint density at radius 2 is 1.71 bits per heavy atom. The topological polar surface area (TPSA) is 64.6 Å². The molecule has 186 valence electrons. The maximum Gasteiger partial charge on any atom is 0.573 e. The lowest BCUT2D eigenvalue weighted by Crippen LogP contribution is -2.32. The van der Waals surface area contributed by atoms with Gasteiger partial charge in [-0.1, -0.05) is 12.1 Å². The van der Waals surface area contributed by atoms with E-state index in [1.165, 1.54) is 30.3 Å². The molecule has 0 fully saturated rings. The zero-order chi connectivity index (χ0) is 25.4. The van der Waals surface area contributed by atoms with E-state index in [-0.39, 0.29) is 17.0 Å². The van der Waals surface area contributed by atoms with E-state index < -0.39 is 28.0 Å². The summed E-state index contributed by atoms with van der Waals surface area (Å²) in [6, 6.07) is 13.6. The Kier molecular flexibility index (Phi) is 6.54. The number of halogens is 4. The van der Waals surface area contributed by atoms with Gasteiger partial charge in [-0.2, -0.15) is 0 Å². The van der Waals surface area contributed by atoms with Crippen molar-refractivity contribution in [1.29, 1.82) is 0 Å². The summed E-state index contributed by atoms with van der Waals surface area (Å²) in [7, 11) is -3.89. The molecule has 4 rings (SSSR count). The summed E-state index contributed by atoms with van der Waals surface area (Å²) in [6.07, 6.45) is -3.37. The van der Waals surface area contributed by atoms with E-state index >= 15 is 0 Å². The number of aryl methyl sites for hydroxylation is 1. The van der Waals surface area contributed by atoms with Crippen molar-refractivity contribution >= 4 is 10.0 Å². The summed E-state index contributed by atoms with van der Waals surface area (Å²) in [5, 5.41) is 0. The molecule has 0 aromatic heterocycles. The highest BCUT2D eigenvalue weighted by Gasteiger charge is 2.31. The van der Waals surface area contributed by atoms with E-state index in [1.54, 1.807) is 18.2 Å². The van der Waals surface area contributed by atoms with Gasteiger partial charge < -0.3 is 9.47 Å². The molecule has 1 aliphatic heterocycles. The summed E-state index contributed by atoms with van der Waals surface area (Å²) in [5.74, 6) is -0.355. The third kappa shape index (κ3) is 6.32. The van der Waals surface area contributed by atoms with E-state index in [9.17, 15) is 26.0 Å². The summed E-state index contributed by atoms with van der Waals surface area (Å²) >= 11 is 0. The molecule has 1 heterocycles. The fourth-order valence-corrected chi connectivity index (χ4v) is 4.90. The van der Waals surface area contributed by atoms with Crippen molar-refractivity contribution in [2.45, 2.75) is 50.1 Å². The van der Waals surface area contributed by atoms with Gasteiger partial charge in [-0.15, -0.1) is 13.2 Å². The molecule has 1 aliphatic rings. The standard InChI is InChI=1S/C25H23F4NO4S/c1-24(2)10-9-18-14-22(7-8-23(18)34-24)35(31,32)30-15-16-11-19(13-20(26)12-16)17-3-5-21(6-4-17)33-25(27,28)29/h3-8,11-14,30H,9-10,15H2,1-2H3. The third-order valence-corrected chi connectivity index (χ3v) is 6.97. The van der Waals surface area contributed by atoms with Crippen LogP contribution in [0.2, 0.25) is 0 Å². The smallest absolute Gasteiger partial charge is 0.488 e. The number of sulfonamides is 1. The van der Waals surface area contributed by atoms with Gasteiger partial charge in [0.15, 0.2) is 0 Å². The van der Waals surface area contributed by atoms with Crippen molar-refractivity contribution in [3.8, 4) is 22.6 Å². The monoisotopic (exact) mass is 509 g/mol. The fraction of sp³-hybridized carbons (Fsp3) is 0.280. The van der Waals surface area contributed by atoms with Crippen molar-refractivity contribution in [1.82, 2.24) is 4.72 Å². The molecule has 0 bridgehead atoms. The summed E-state index contributed by atoms with van der Waals surface area (Å²) in [6.45, 7) is 3.77. The van der Waals surface area contributed by atoms with E-state index in [1.807, 2.05) is 13.8 Å². The van der Waals surface area contributed by atoms with Crippen molar-refractivity contribution in [2.24, 2.45) is 0 Å². The van der Waals surface area contributed by atoms with Crippen molar-refractivity contribution < 1.29 is 35.5 Å². The molecular formula is C25H23F4NO4S. The summed E-state index contributed by atoms with van der Waals surface area (Å²) < 4.78 is 89.2. The van der Waals surface area contributed by atoms with Crippen LogP contribution in [0.1, 0.15) is 31.4 Å². The van der Waals surface area contributed by atoms with Crippen LogP contribution in [0.15, 0.2) is 65.6 Å². The van der Waals surface area contributed by atoms with Gasteiger partial charge in [0.25, 0.3) is 0 Å². The second kappa shape index (κ2) is 9.16. The molecule has 1 N–H and O–H groups in total. The Labute approximate surface area is 200 Å². The molecule has 3 aromatic carbocycles. The molecule has 0 radical (unpaired) electrons. The molecule has 0 unspecified atom stereocenters. The Hall–Kier alpha value is -3.11. The van der Waals surface area contributed by atoms with Gasteiger partial charge in [-0.3, -0.25) is 0 Å². The van der Waals surface area contributed by atoms with Gasteiger partial charge >= 0.3 is 6.36 Å². The number of ether oxygens (including phenoxy) is 2. The lowest BCUT2D eigenvalue weighted by molar-refractivity contribution is -0.274. The second-order valence-electron chi connectivity index (χ2n) is 8.88. The highest BCUT2D eigenvalue weighted by Crippen LogP contribution is 2.34. The van der Waals surface area contributed by atoms with Crippen molar-refractivity contribution in [3.63, 3.8) is 0 Å². The van der Waals surface area contributed by atoms with Crippen LogP contribution in [-0.4, -0.2) is 20.4 Å². The normalized spacial score (nSPS) is 15.3. The lowest BCUT2D eigenvalue weighted by Gasteiger charge is -2.32. The van der Waals surface area contributed by atoms with E-state index in [0.717, 1.165) is 24.1 Å². The second-order valence-corrected chi connectivity index (χ2v) is 10.6. The maximum absolute atomic E-state index is 14.2. The molecular weight excluding hydrogens is 486 g/mol. The van der Waals surface area contributed by atoms with Gasteiger partial charge in [0.2, 0.25) is 10.0 Å². The van der Waals surface area contributed by atoms with Crippen LogP contribution in [0.4, 0.5) is 17.6 Å². The lowest BCUT2D eigenvalue weighted by atomic mass is 9.94. The molecule has 3 aromatic rings. The molecule has 0 saturated carbocycles. The van der Waals surface area contributed by atoms with Crippen molar-refractivity contribution in [2.75, 3.05) is 0 Å². The number of nitrogens with one attached hydrogen (secondary N) is 1. The highest BCUT2D eigenvalue weighted by molar-refractivity contribution is 7.89. The molecule has 0 spiro atoms. The number of benzene rings is 3. The fourth-order valence-electron chi connectivity index (χ4n) is 3.83. The minimum Gasteiger partial charge on any atom is -0.488 e. The van der Waals surface area contributed by atoms with Crippen LogP contribution in [0.25, 0.3) is 11.1 Å². The van der Waals surface area contributed by atoms with Gasteiger partial charge in [-0.05, 0) is 97.5 Å². The molecule has 0 saturated heterocycles. The first-order chi connectivity index (χ1) is 16.3. The molecule has 5 nitrogen and oxygen atoms in total. The first kappa shape index (κ1) is 25.0. The minimum atomic E-state index is -4.81. The SMILES string of the molecule is CC1(C)CCc2cc(S(=O)(=O)NCc3cc(F)cc(-c4ccc(OC(F)(F)F)cc4)c3)ccc2O1. The van der Waals surface area contributed by atoms with Crippen LogP contribution in [-0.2, 0) is 23.0 Å². The Balaban J connectivity index is 1.49. The molecule has 10 heteroatoms. The highest BCUT2D eigenvalue weighted by atomic mass is 32.2. The van der Waals surface area contributed by atoms with Crippen LogP contribution in [0.5, 0.6) is 11.5 Å².